The van der Waals surface area contributed by atoms with Gasteiger partial charge in [-0.15, -0.1) is 10.2 Å². The second-order valence-electron chi connectivity index (χ2n) is 12.8. The van der Waals surface area contributed by atoms with Gasteiger partial charge in [-0.05, 0) is 51.1 Å². The van der Waals surface area contributed by atoms with Gasteiger partial charge in [-0.1, -0.05) is 36.3 Å². The molecule has 0 saturated carbocycles. The third kappa shape index (κ3) is 7.73. The van der Waals surface area contributed by atoms with Crippen LogP contribution in [0.25, 0.3) is 11.5 Å². The number of halogens is 2. The molecule has 1 saturated heterocycles. The highest BCUT2D eigenvalue weighted by atomic mass is 32.2. The van der Waals surface area contributed by atoms with Crippen LogP contribution in [0.4, 0.5) is 19.3 Å². The Hall–Kier alpha value is -4.64. The Morgan fingerprint density at radius 1 is 1.21 bits per heavy atom. The molecule has 5 rings (SSSR count). The molecule has 4 N–H and O–H groups in total. The molecule has 2 aliphatic heterocycles. The first-order chi connectivity index (χ1) is 22.5. The van der Waals surface area contributed by atoms with Crippen LogP contribution in [-0.4, -0.2) is 89.5 Å². The van der Waals surface area contributed by atoms with Gasteiger partial charge in [-0.25, -0.2) is 22.0 Å². The minimum atomic E-state index is -4.18. The van der Waals surface area contributed by atoms with E-state index in [1.54, 1.807) is 56.9 Å². The molecule has 2 atom stereocenters. The lowest BCUT2D eigenvalue weighted by molar-refractivity contribution is -0.120. The Balaban J connectivity index is 1.54. The van der Waals surface area contributed by atoms with Crippen LogP contribution in [0.5, 0.6) is 0 Å². The fourth-order valence-electron chi connectivity index (χ4n) is 5.66. The van der Waals surface area contributed by atoms with Gasteiger partial charge < -0.3 is 30.3 Å². The highest BCUT2D eigenvalue weighted by molar-refractivity contribution is 7.91. The normalized spacial score (nSPS) is 21.3. The average molecular weight is 690 g/mol. The number of likely N-dealkylation sites (tertiary alicyclic amines) is 1. The van der Waals surface area contributed by atoms with Crippen LogP contribution in [0.2, 0.25) is 0 Å². The maximum atomic E-state index is 14.5. The topological polar surface area (TPSA) is 194 Å². The molecule has 258 valence electrons. The van der Waals surface area contributed by atoms with E-state index >= 15 is 0 Å². The third-order valence-electron chi connectivity index (χ3n) is 7.89. The molecule has 3 heterocycles. The number of carbonyl (C=O) groups excluding carboxylic acids is 2. The quantitative estimate of drug-likeness (QED) is 0.142. The van der Waals surface area contributed by atoms with E-state index in [0.29, 0.717) is 24.2 Å². The van der Waals surface area contributed by atoms with Crippen LogP contribution in [-0.2, 0) is 25.9 Å². The fraction of sp³-hybridized carbons (Fsp3) is 0.452. The number of nitrogens with zero attached hydrogens (tertiary/aromatic N) is 5. The number of aromatic nitrogens is 2. The summed E-state index contributed by atoms with van der Waals surface area (Å²) in [5.74, 6) is -5.31. The number of amidine groups is 1. The molecule has 0 bridgehead atoms. The summed E-state index contributed by atoms with van der Waals surface area (Å²) in [4.78, 5) is 29.4. The second-order valence-corrected chi connectivity index (χ2v) is 14.8. The van der Waals surface area contributed by atoms with Gasteiger partial charge >= 0.3 is 6.09 Å². The van der Waals surface area contributed by atoms with E-state index in [4.69, 9.17) is 20.1 Å². The number of carbonyl (C=O) groups is 2. The van der Waals surface area contributed by atoms with Crippen LogP contribution in [0.15, 0.2) is 56.9 Å². The van der Waals surface area contributed by atoms with Gasteiger partial charge in [0.2, 0.25) is 11.8 Å². The maximum Gasteiger partial charge on any atom is 0.408 e. The number of oxime groups is 1. The van der Waals surface area contributed by atoms with E-state index in [0.717, 1.165) is 0 Å². The summed E-state index contributed by atoms with van der Waals surface area (Å²) in [7, 11) is -4.18. The number of benzene rings is 2. The lowest BCUT2D eigenvalue weighted by Crippen LogP contribution is -2.51. The van der Waals surface area contributed by atoms with Crippen molar-refractivity contribution in [2.75, 3.05) is 30.3 Å². The van der Waals surface area contributed by atoms with E-state index in [2.05, 4.69) is 20.7 Å². The SMILES string of the molecule is CCN1CC(c2nnc(-c3ccc4c(c3)N(Cc3ccc(/C(N)=N/O)cc3)C(=O)[C@@H](NC(=O)OC(C)(C)C)CS4(=O)=O)o2)CC(F)(F)C1. The van der Waals surface area contributed by atoms with Gasteiger partial charge in [-0.3, -0.25) is 9.69 Å². The van der Waals surface area contributed by atoms with E-state index in [9.17, 15) is 26.8 Å². The molecule has 0 aliphatic carbocycles. The number of amides is 2. The second kappa shape index (κ2) is 13.1. The molecule has 1 aromatic heterocycles. The summed E-state index contributed by atoms with van der Waals surface area (Å²) in [6, 6.07) is 8.97. The molecular formula is C31H37F2N7O7S. The van der Waals surface area contributed by atoms with Gasteiger partial charge in [0.05, 0.1) is 35.3 Å². The van der Waals surface area contributed by atoms with Crippen molar-refractivity contribution in [3.8, 4) is 11.5 Å². The molecule has 17 heteroatoms. The number of likely N-dealkylation sites (N-methyl/N-ethyl adjacent to an activating group) is 1. The molecule has 1 fully saturated rings. The number of hydrogen-bond donors (Lipinski definition) is 3. The van der Waals surface area contributed by atoms with E-state index in [1.165, 1.54) is 23.1 Å². The Morgan fingerprint density at radius 3 is 2.56 bits per heavy atom. The first kappa shape index (κ1) is 34.7. The van der Waals surface area contributed by atoms with Gasteiger partial charge in [0.1, 0.15) is 11.6 Å². The minimum Gasteiger partial charge on any atom is -0.444 e. The lowest BCUT2D eigenvalue weighted by atomic mass is 9.95. The van der Waals surface area contributed by atoms with E-state index in [-0.39, 0.29) is 46.9 Å². The number of fused-ring (bicyclic) bond motifs is 1. The zero-order valence-electron chi connectivity index (χ0n) is 26.8. The molecule has 0 radical (unpaired) electrons. The third-order valence-corrected chi connectivity index (χ3v) is 9.67. The zero-order chi connectivity index (χ0) is 35.0. The lowest BCUT2D eigenvalue weighted by Gasteiger charge is -2.35. The van der Waals surface area contributed by atoms with Crippen molar-refractivity contribution in [1.29, 1.82) is 0 Å². The van der Waals surface area contributed by atoms with Crippen molar-refractivity contribution in [2.24, 2.45) is 10.9 Å². The van der Waals surface area contributed by atoms with Crippen LogP contribution < -0.4 is 16.0 Å². The molecule has 3 aromatic rings. The van der Waals surface area contributed by atoms with Crippen molar-refractivity contribution in [3.05, 3.63) is 59.5 Å². The number of nitrogens with one attached hydrogen (secondary N) is 1. The standard InChI is InChI=1S/C31H37F2N7O7S/c1-5-39-15-21(13-31(32,33)17-39)27-37-36-26(46-27)20-10-11-24-23(12-20)40(14-18-6-8-19(9-7-18)25(34)38-43)28(41)22(16-48(24,44)45)35-29(42)47-30(2,3)4/h6-12,21-22,43H,5,13-17H2,1-4H3,(H2,34,38)(H,35,42)/t21?,22-/m0/s1. The number of hydrogen-bond acceptors (Lipinski definition) is 11. The van der Waals surface area contributed by atoms with Crippen molar-refractivity contribution in [1.82, 2.24) is 20.4 Å². The molecular weight excluding hydrogens is 652 g/mol. The summed E-state index contributed by atoms with van der Waals surface area (Å²) in [6.45, 7) is 6.89. The smallest absolute Gasteiger partial charge is 0.408 e. The zero-order valence-corrected chi connectivity index (χ0v) is 27.6. The Kier molecular flexibility index (Phi) is 9.47. The number of alkyl halides is 2. The Bertz CT molecular complexity index is 1820. The molecule has 14 nitrogen and oxygen atoms in total. The van der Waals surface area contributed by atoms with Crippen molar-refractivity contribution in [2.45, 2.75) is 69.0 Å². The summed E-state index contributed by atoms with van der Waals surface area (Å²) in [5, 5.41) is 22.5. The van der Waals surface area contributed by atoms with Gasteiger partial charge in [0.25, 0.3) is 11.8 Å². The fourth-order valence-corrected chi connectivity index (χ4v) is 7.27. The summed E-state index contributed by atoms with van der Waals surface area (Å²) in [6.07, 6.45) is -1.43. The molecule has 2 amide bonds. The van der Waals surface area contributed by atoms with E-state index in [1.807, 2.05) is 0 Å². The van der Waals surface area contributed by atoms with Gasteiger partial charge in [-0.2, -0.15) is 0 Å². The monoisotopic (exact) mass is 689 g/mol. The van der Waals surface area contributed by atoms with Crippen molar-refractivity contribution >= 4 is 33.4 Å². The number of piperidine rings is 1. The molecule has 2 aromatic carbocycles. The van der Waals surface area contributed by atoms with Crippen molar-refractivity contribution in [3.63, 3.8) is 0 Å². The Labute approximate surface area is 275 Å². The largest absolute Gasteiger partial charge is 0.444 e. The van der Waals surface area contributed by atoms with Gasteiger partial charge in [0.15, 0.2) is 15.7 Å². The first-order valence-electron chi connectivity index (χ1n) is 15.2. The molecule has 48 heavy (non-hydrogen) atoms. The number of ether oxygens (including phenoxy) is 1. The summed E-state index contributed by atoms with van der Waals surface area (Å²) >= 11 is 0. The van der Waals surface area contributed by atoms with Crippen molar-refractivity contribution < 1.29 is 41.1 Å². The van der Waals surface area contributed by atoms with Crippen LogP contribution in [0, 0.1) is 0 Å². The summed E-state index contributed by atoms with van der Waals surface area (Å²) in [5.41, 5.74) is 5.94. The number of nitrogens with two attached hydrogens (primary N) is 1. The number of rotatable bonds is 7. The van der Waals surface area contributed by atoms with E-state index < -0.39 is 57.5 Å². The highest BCUT2D eigenvalue weighted by Gasteiger charge is 2.43. The molecule has 1 unspecified atom stereocenters. The van der Waals surface area contributed by atoms with Crippen LogP contribution in [0.3, 0.4) is 0 Å². The minimum absolute atomic E-state index is 0.0192. The number of alkyl carbamates (subject to hydrolysis) is 1. The predicted octanol–water partition coefficient (Wildman–Crippen LogP) is 3.49. The average Bonchev–Trinajstić information content (AvgIpc) is 3.49. The first-order valence-corrected chi connectivity index (χ1v) is 16.8. The summed E-state index contributed by atoms with van der Waals surface area (Å²) < 4.78 is 67.5. The van der Waals surface area contributed by atoms with Gasteiger partial charge in [0, 0.05) is 24.1 Å². The number of anilines is 1. The molecule has 0 spiro atoms. The maximum absolute atomic E-state index is 14.5. The van der Waals surface area contributed by atoms with Crippen LogP contribution >= 0.6 is 0 Å². The number of sulfone groups is 1. The van der Waals surface area contributed by atoms with Crippen LogP contribution in [0.1, 0.15) is 57.1 Å². The predicted molar refractivity (Wildman–Crippen MR) is 170 cm³/mol. The molecule has 2 aliphatic rings. The highest BCUT2D eigenvalue weighted by Crippen LogP contribution is 2.38. The Morgan fingerprint density at radius 2 is 1.92 bits per heavy atom.